The molecule has 2 rings (SSSR count). The van der Waals surface area contributed by atoms with E-state index >= 15 is 0 Å². The third kappa shape index (κ3) is 9.41. The van der Waals surface area contributed by atoms with Crippen LogP contribution in [-0.4, -0.2) is 38.1 Å². The van der Waals surface area contributed by atoms with Crippen molar-refractivity contribution in [3.05, 3.63) is 52.2 Å². The van der Waals surface area contributed by atoms with Crippen molar-refractivity contribution in [1.82, 2.24) is 16.0 Å². The number of hydrogen-bond acceptors (Lipinski definition) is 4. The van der Waals surface area contributed by atoms with Crippen molar-refractivity contribution in [1.29, 1.82) is 0 Å². The highest BCUT2D eigenvalue weighted by molar-refractivity contribution is 14.0. The topological polar surface area (TPSA) is 74.8 Å². The van der Waals surface area contributed by atoms with Crippen LogP contribution in [0, 0.1) is 0 Å². The number of amides is 1. The quantitative estimate of drug-likeness (QED) is 0.258. The summed E-state index contributed by atoms with van der Waals surface area (Å²) in [6.45, 7) is 6.73. The molecule has 0 atom stereocenters. The predicted octanol–water partition coefficient (Wildman–Crippen LogP) is 3.18. The van der Waals surface area contributed by atoms with Gasteiger partial charge in [-0.05, 0) is 49.4 Å². The molecule has 28 heavy (non-hydrogen) atoms. The van der Waals surface area contributed by atoms with Crippen LogP contribution in [0.4, 0.5) is 0 Å². The molecule has 1 heterocycles. The summed E-state index contributed by atoms with van der Waals surface area (Å²) in [5.41, 5.74) is 1.03. The molecule has 0 aliphatic heterocycles. The molecule has 1 aromatic heterocycles. The number of likely N-dealkylation sites (N-methyl/N-ethyl adjacent to an activating group) is 1. The van der Waals surface area contributed by atoms with Crippen LogP contribution in [0.1, 0.15) is 24.3 Å². The average Bonchev–Trinajstić information content (AvgIpc) is 3.18. The maximum Gasteiger partial charge on any atom is 0.257 e. The maximum absolute atomic E-state index is 11.5. The Kier molecular flexibility index (Phi) is 12.3. The van der Waals surface area contributed by atoms with E-state index in [4.69, 9.17) is 4.74 Å². The number of nitrogens with one attached hydrogen (secondary N) is 3. The molecule has 0 bridgehead atoms. The maximum atomic E-state index is 11.5. The van der Waals surface area contributed by atoms with E-state index in [0.29, 0.717) is 18.8 Å². The number of guanidine groups is 1. The zero-order valence-electron chi connectivity index (χ0n) is 16.4. The number of aliphatic imine (C=N–C) groups is 1. The molecule has 154 valence electrons. The van der Waals surface area contributed by atoms with Crippen LogP contribution in [-0.2, 0) is 17.8 Å². The van der Waals surface area contributed by atoms with E-state index in [1.54, 1.807) is 11.3 Å². The fourth-order valence-corrected chi connectivity index (χ4v) is 3.11. The summed E-state index contributed by atoms with van der Waals surface area (Å²) in [7, 11) is 0. The zero-order chi connectivity index (χ0) is 19.3. The molecule has 3 N–H and O–H groups in total. The summed E-state index contributed by atoms with van der Waals surface area (Å²) in [4.78, 5) is 17.5. The first kappa shape index (κ1) is 24.2. The van der Waals surface area contributed by atoms with Crippen molar-refractivity contribution in [3.63, 3.8) is 0 Å². The van der Waals surface area contributed by atoms with Gasteiger partial charge in [-0.2, -0.15) is 0 Å². The third-order valence-corrected chi connectivity index (χ3v) is 4.59. The molecular weight excluding hydrogens is 487 g/mol. The van der Waals surface area contributed by atoms with E-state index in [2.05, 4.69) is 38.5 Å². The summed E-state index contributed by atoms with van der Waals surface area (Å²) < 4.78 is 5.53. The van der Waals surface area contributed by atoms with Crippen LogP contribution in [0.25, 0.3) is 0 Å². The van der Waals surface area contributed by atoms with E-state index in [1.165, 1.54) is 4.88 Å². The Labute approximate surface area is 188 Å². The second-order valence-corrected chi connectivity index (χ2v) is 6.87. The van der Waals surface area contributed by atoms with Gasteiger partial charge in [0.2, 0.25) is 0 Å². The number of halogens is 1. The molecule has 1 aromatic carbocycles. The minimum atomic E-state index is -0.120. The number of ether oxygens (including phenoxy) is 1. The van der Waals surface area contributed by atoms with Crippen LogP contribution >= 0.6 is 35.3 Å². The summed E-state index contributed by atoms with van der Waals surface area (Å²) in [6, 6.07) is 11.9. The number of hydrogen-bond donors (Lipinski definition) is 3. The van der Waals surface area contributed by atoms with E-state index in [-0.39, 0.29) is 36.5 Å². The predicted molar refractivity (Wildman–Crippen MR) is 127 cm³/mol. The normalized spacial score (nSPS) is 10.7. The van der Waals surface area contributed by atoms with Crippen molar-refractivity contribution in [2.24, 2.45) is 4.99 Å². The molecule has 8 heteroatoms. The Morgan fingerprint density at radius 3 is 2.64 bits per heavy atom. The van der Waals surface area contributed by atoms with E-state index in [9.17, 15) is 4.79 Å². The van der Waals surface area contributed by atoms with E-state index < -0.39 is 0 Å². The fourth-order valence-electron chi connectivity index (χ4n) is 2.40. The lowest BCUT2D eigenvalue weighted by molar-refractivity contribution is -0.122. The molecule has 0 unspecified atom stereocenters. The molecule has 0 spiro atoms. The monoisotopic (exact) mass is 516 g/mol. The van der Waals surface area contributed by atoms with Gasteiger partial charge in [-0.3, -0.25) is 4.79 Å². The number of carbonyl (C=O) groups excluding carboxylic acids is 1. The highest BCUT2D eigenvalue weighted by Gasteiger charge is 2.03. The first-order valence-electron chi connectivity index (χ1n) is 9.24. The van der Waals surface area contributed by atoms with Crippen LogP contribution in [0.5, 0.6) is 5.75 Å². The van der Waals surface area contributed by atoms with Crippen molar-refractivity contribution in [2.75, 3.05) is 26.2 Å². The Morgan fingerprint density at radius 2 is 1.93 bits per heavy atom. The van der Waals surface area contributed by atoms with Crippen LogP contribution in [0.2, 0.25) is 0 Å². The molecule has 1 amide bonds. The van der Waals surface area contributed by atoms with Crippen LogP contribution < -0.4 is 20.7 Å². The van der Waals surface area contributed by atoms with Crippen LogP contribution in [0.15, 0.2) is 46.8 Å². The molecule has 6 nitrogen and oxygen atoms in total. The lowest BCUT2D eigenvalue weighted by atomic mass is 10.2. The molecule has 2 aromatic rings. The molecule has 0 radical (unpaired) electrons. The first-order chi connectivity index (χ1) is 13.2. The zero-order valence-corrected chi connectivity index (χ0v) is 19.5. The van der Waals surface area contributed by atoms with Gasteiger partial charge < -0.3 is 20.7 Å². The summed E-state index contributed by atoms with van der Waals surface area (Å²) in [5, 5.41) is 11.4. The largest absolute Gasteiger partial charge is 0.484 e. The summed E-state index contributed by atoms with van der Waals surface area (Å²) in [5.74, 6) is 1.35. The Hall–Kier alpha value is -1.81. The SMILES string of the molecule is CCNC(=O)COc1cccc(CN=C(NCC)NCCc2cccs2)c1.I. The van der Waals surface area contributed by atoms with Gasteiger partial charge in [-0.15, -0.1) is 35.3 Å². The van der Waals surface area contributed by atoms with E-state index in [1.807, 2.05) is 38.1 Å². The second kappa shape index (κ2) is 14.2. The van der Waals surface area contributed by atoms with Gasteiger partial charge in [0.05, 0.1) is 6.54 Å². The molecular formula is C20H29IN4O2S. The number of nitrogens with zero attached hydrogens (tertiary/aromatic N) is 1. The van der Waals surface area contributed by atoms with Crippen molar-refractivity contribution < 1.29 is 9.53 Å². The van der Waals surface area contributed by atoms with Crippen molar-refractivity contribution >= 4 is 47.2 Å². The number of thiophene rings is 1. The summed E-state index contributed by atoms with van der Waals surface area (Å²) >= 11 is 1.77. The van der Waals surface area contributed by atoms with Gasteiger partial charge in [0.25, 0.3) is 5.91 Å². The third-order valence-electron chi connectivity index (χ3n) is 3.65. The van der Waals surface area contributed by atoms with Gasteiger partial charge in [0, 0.05) is 24.5 Å². The lowest BCUT2D eigenvalue weighted by Crippen LogP contribution is -2.38. The average molecular weight is 516 g/mol. The van der Waals surface area contributed by atoms with Crippen molar-refractivity contribution in [2.45, 2.75) is 26.8 Å². The van der Waals surface area contributed by atoms with Gasteiger partial charge in [0.15, 0.2) is 12.6 Å². The van der Waals surface area contributed by atoms with Gasteiger partial charge >= 0.3 is 0 Å². The number of benzene rings is 1. The highest BCUT2D eigenvalue weighted by Crippen LogP contribution is 2.14. The van der Waals surface area contributed by atoms with E-state index in [0.717, 1.165) is 31.0 Å². The number of rotatable bonds is 10. The fraction of sp³-hybridized carbons (Fsp3) is 0.400. The molecule has 0 saturated carbocycles. The first-order valence-corrected chi connectivity index (χ1v) is 10.1. The minimum Gasteiger partial charge on any atom is -0.484 e. The Bertz CT molecular complexity index is 723. The molecule has 0 saturated heterocycles. The van der Waals surface area contributed by atoms with Gasteiger partial charge in [0.1, 0.15) is 5.75 Å². The van der Waals surface area contributed by atoms with Gasteiger partial charge in [-0.1, -0.05) is 18.2 Å². The Morgan fingerprint density at radius 1 is 1.11 bits per heavy atom. The summed E-state index contributed by atoms with van der Waals surface area (Å²) in [6.07, 6.45) is 0.977. The molecule has 0 aliphatic rings. The number of carbonyl (C=O) groups is 1. The lowest BCUT2D eigenvalue weighted by Gasteiger charge is -2.11. The van der Waals surface area contributed by atoms with Crippen LogP contribution in [0.3, 0.4) is 0 Å². The standard InChI is InChI=1S/C20H28N4O2S.HI/c1-3-21-19(25)15-26-17-8-5-7-16(13-17)14-24-20(22-4-2)23-11-10-18-9-6-12-27-18;/h5-9,12-13H,3-4,10-11,14-15H2,1-2H3,(H,21,25)(H2,22,23,24);1H. The molecule has 0 aliphatic carbocycles. The minimum absolute atomic E-state index is 0. The van der Waals surface area contributed by atoms with Gasteiger partial charge in [-0.25, -0.2) is 4.99 Å². The Balaban J connectivity index is 0.00000392. The van der Waals surface area contributed by atoms with Crippen molar-refractivity contribution in [3.8, 4) is 5.75 Å². The second-order valence-electron chi connectivity index (χ2n) is 5.84. The highest BCUT2D eigenvalue weighted by atomic mass is 127. The molecule has 0 fully saturated rings. The smallest absolute Gasteiger partial charge is 0.257 e.